The predicted molar refractivity (Wildman–Crippen MR) is 32.8 cm³/mol. The summed E-state index contributed by atoms with van der Waals surface area (Å²) in [6.07, 6.45) is 0.811. The Morgan fingerprint density at radius 2 is 2.56 bits per heavy atom. The van der Waals surface area contributed by atoms with Crippen LogP contribution in [0.25, 0.3) is 0 Å². The molecule has 0 radical (unpaired) electrons. The summed E-state index contributed by atoms with van der Waals surface area (Å²) in [4.78, 5) is 12.6. The van der Waals surface area contributed by atoms with Crippen molar-refractivity contribution in [2.45, 2.75) is 6.42 Å². The molecule has 52 valence electrons. The molecule has 1 heterocycles. The molecule has 3 nitrogen and oxygen atoms in total. The minimum Gasteiger partial charge on any atom is -0.396 e. The number of likely N-dealkylation sites (tertiary alicyclic amines) is 1. The minimum atomic E-state index is -0.116. The van der Waals surface area contributed by atoms with E-state index in [0.29, 0.717) is 0 Å². The monoisotopic (exact) mass is 129 g/mol. The lowest BCUT2D eigenvalue weighted by atomic mass is 10.1. The van der Waals surface area contributed by atoms with Gasteiger partial charge in [-0.3, -0.25) is 4.79 Å². The van der Waals surface area contributed by atoms with Gasteiger partial charge in [-0.1, -0.05) is 0 Å². The average molecular weight is 129 g/mol. The lowest BCUT2D eigenvalue weighted by Crippen LogP contribution is -2.23. The molecule has 9 heavy (non-hydrogen) atoms. The maximum absolute atomic E-state index is 10.9. The van der Waals surface area contributed by atoms with Gasteiger partial charge in [0.25, 0.3) is 0 Å². The number of rotatable bonds is 1. The quantitative estimate of drug-likeness (QED) is 0.516. The maximum atomic E-state index is 10.9. The molecular weight excluding hydrogens is 118 g/mol. The molecule has 0 aromatic carbocycles. The normalized spacial score (nSPS) is 27.6. The first-order valence-electron chi connectivity index (χ1n) is 3.11. The molecule has 1 N–H and O–H groups in total. The predicted octanol–water partition coefficient (Wildman–Crippen LogP) is -0.543. The van der Waals surface area contributed by atoms with Crippen molar-refractivity contribution in [3.63, 3.8) is 0 Å². The van der Waals surface area contributed by atoms with Crippen molar-refractivity contribution in [2.24, 2.45) is 5.92 Å². The highest BCUT2D eigenvalue weighted by Crippen LogP contribution is 2.14. The van der Waals surface area contributed by atoms with E-state index in [9.17, 15) is 4.79 Å². The summed E-state index contributed by atoms with van der Waals surface area (Å²) in [6, 6.07) is 0. The van der Waals surface area contributed by atoms with Crippen molar-refractivity contribution >= 4 is 5.91 Å². The van der Waals surface area contributed by atoms with Gasteiger partial charge in [0, 0.05) is 13.6 Å². The van der Waals surface area contributed by atoms with Crippen LogP contribution in [-0.2, 0) is 4.79 Å². The van der Waals surface area contributed by atoms with Crippen LogP contribution in [0.5, 0.6) is 0 Å². The number of aliphatic hydroxyl groups is 1. The molecule has 0 spiro atoms. The van der Waals surface area contributed by atoms with Crippen LogP contribution in [-0.4, -0.2) is 36.1 Å². The highest BCUT2D eigenvalue weighted by Gasteiger charge is 2.27. The zero-order valence-corrected chi connectivity index (χ0v) is 5.50. The van der Waals surface area contributed by atoms with Crippen molar-refractivity contribution < 1.29 is 9.90 Å². The molecular formula is C6H11NO2. The maximum Gasteiger partial charge on any atom is 0.227 e. The zero-order valence-electron chi connectivity index (χ0n) is 5.50. The number of hydrogen-bond acceptors (Lipinski definition) is 2. The number of carbonyl (C=O) groups is 1. The van der Waals surface area contributed by atoms with Gasteiger partial charge in [0.15, 0.2) is 0 Å². The first-order valence-corrected chi connectivity index (χ1v) is 3.11. The Hall–Kier alpha value is -0.570. The van der Waals surface area contributed by atoms with Gasteiger partial charge < -0.3 is 10.0 Å². The Morgan fingerprint density at radius 3 is 2.78 bits per heavy atom. The van der Waals surface area contributed by atoms with Crippen LogP contribution in [0.4, 0.5) is 0 Å². The Bertz CT molecular complexity index is 124. The Kier molecular flexibility index (Phi) is 1.71. The van der Waals surface area contributed by atoms with E-state index < -0.39 is 0 Å². The van der Waals surface area contributed by atoms with E-state index in [4.69, 9.17) is 5.11 Å². The molecule has 1 rings (SSSR count). The SMILES string of the molecule is CN1CCC(CO)C1=O. The lowest BCUT2D eigenvalue weighted by molar-refractivity contribution is -0.130. The topological polar surface area (TPSA) is 40.5 Å². The van der Waals surface area contributed by atoms with Crippen molar-refractivity contribution in [2.75, 3.05) is 20.2 Å². The second kappa shape index (κ2) is 2.35. The molecule has 0 bridgehead atoms. The molecule has 1 unspecified atom stereocenters. The third-order valence-electron chi connectivity index (χ3n) is 1.76. The molecule has 1 aliphatic heterocycles. The zero-order chi connectivity index (χ0) is 6.85. The molecule has 0 aromatic heterocycles. The van der Waals surface area contributed by atoms with Crippen LogP contribution in [0.1, 0.15) is 6.42 Å². The van der Waals surface area contributed by atoms with E-state index in [0.717, 1.165) is 13.0 Å². The Labute approximate surface area is 54.3 Å². The summed E-state index contributed by atoms with van der Waals surface area (Å²) in [6.45, 7) is 0.799. The summed E-state index contributed by atoms with van der Waals surface area (Å²) in [7, 11) is 1.76. The Morgan fingerprint density at radius 1 is 1.89 bits per heavy atom. The molecule has 1 fully saturated rings. The summed E-state index contributed by atoms with van der Waals surface area (Å²) in [5.41, 5.74) is 0. The molecule has 0 aliphatic carbocycles. The van der Waals surface area contributed by atoms with Gasteiger partial charge >= 0.3 is 0 Å². The van der Waals surface area contributed by atoms with Crippen LogP contribution in [0.3, 0.4) is 0 Å². The standard InChI is InChI=1S/C6H11NO2/c1-7-3-2-5(4-8)6(7)9/h5,8H,2-4H2,1H3. The van der Waals surface area contributed by atoms with Crippen LogP contribution in [0.15, 0.2) is 0 Å². The van der Waals surface area contributed by atoms with Gasteiger partial charge in [-0.05, 0) is 6.42 Å². The van der Waals surface area contributed by atoms with E-state index in [-0.39, 0.29) is 18.4 Å². The van der Waals surface area contributed by atoms with E-state index in [2.05, 4.69) is 0 Å². The first kappa shape index (κ1) is 6.55. The average Bonchev–Trinajstić information content (AvgIpc) is 2.15. The largest absolute Gasteiger partial charge is 0.396 e. The fourth-order valence-electron chi connectivity index (χ4n) is 1.06. The highest BCUT2D eigenvalue weighted by molar-refractivity contribution is 5.80. The second-order valence-electron chi connectivity index (χ2n) is 2.43. The molecule has 1 saturated heterocycles. The molecule has 1 atom stereocenters. The van der Waals surface area contributed by atoms with Gasteiger partial charge in [-0.25, -0.2) is 0 Å². The molecule has 1 amide bonds. The summed E-state index contributed by atoms with van der Waals surface area (Å²) in [5, 5.41) is 8.61. The van der Waals surface area contributed by atoms with Gasteiger partial charge in [0.1, 0.15) is 0 Å². The van der Waals surface area contributed by atoms with E-state index >= 15 is 0 Å². The number of nitrogens with zero attached hydrogens (tertiary/aromatic N) is 1. The van der Waals surface area contributed by atoms with Crippen molar-refractivity contribution in [3.05, 3.63) is 0 Å². The fourth-order valence-corrected chi connectivity index (χ4v) is 1.06. The summed E-state index contributed by atoms with van der Waals surface area (Å²) >= 11 is 0. The molecule has 1 aliphatic rings. The molecule has 0 saturated carbocycles. The lowest BCUT2D eigenvalue weighted by Gasteiger charge is -2.06. The van der Waals surface area contributed by atoms with Crippen LogP contribution < -0.4 is 0 Å². The molecule has 3 heteroatoms. The van der Waals surface area contributed by atoms with E-state index in [1.165, 1.54) is 0 Å². The van der Waals surface area contributed by atoms with Crippen molar-refractivity contribution in [1.82, 2.24) is 4.90 Å². The van der Waals surface area contributed by atoms with Crippen molar-refractivity contribution in [1.29, 1.82) is 0 Å². The van der Waals surface area contributed by atoms with E-state index in [1.807, 2.05) is 0 Å². The van der Waals surface area contributed by atoms with Crippen LogP contribution >= 0.6 is 0 Å². The minimum absolute atomic E-state index is 0.00315. The number of hydrogen-bond donors (Lipinski definition) is 1. The first-order chi connectivity index (χ1) is 4.25. The second-order valence-corrected chi connectivity index (χ2v) is 2.43. The van der Waals surface area contributed by atoms with E-state index in [1.54, 1.807) is 11.9 Å². The van der Waals surface area contributed by atoms with Gasteiger partial charge in [0.2, 0.25) is 5.91 Å². The third-order valence-corrected chi connectivity index (χ3v) is 1.76. The smallest absolute Gasteiger partial charge is 0.227 e. The Balaban J connectivity index is 2.51. The van der Waals surface area contributed by atoms with Crippen LogP contribution in [0.2, 0.25) is 0 Å². The fraction of sp³-hybridized carbons (Fsp3) is 0.833. The number of carbonyl (C=O) groups excluding carboxylic acids is 1. The number of aliphatic hydroxyl groups excluding tert-OH is 1. The molecule has 0 aromatic rings. The third kappa shape index (κ3) is 1.05. The summed E-state index contributed by atoms with van der Waals surface area (Å²) in [5.74, 6) is -0.0347. The van der Waals surface area contributed by atoms with Gasteiger partial charge in [-0.2, -0.15) is 0 Å². The number of amides is 1. The van der Waals surface area contributed by atoms with Crippen molar-refractivity contribution in [3.8, 4) is 0 Å². The summed E-state index contributed by atoms with van der Waals surface area (Å²) < 4.78 is 0. The van der Waals surface area contributed by atoms with Crippen LogP contribution in [0, 0.1) is 5.92 Å². The highest BCUT2D eigenvalue weighted by atomic mass is 16.3. The van der Waals surface area contributed by atoms with Gasteiger partial charge in [0.05, 0.1) is 12.5 Å². The van der Waals surface area contributed by atoms with Gasteiger partial charge in [-0.15, -0.1) is 0 Å².